The summed E-state index contributed by atoms with van der Waals surface area (Å²) in [7, 11) is 3.21. The molecule has 1 aromatic carbocycles. The third-order valence-electron chi connectivity index (χ3n) is 2.72. The fraction of sp³-hybridized carbons (Fsp3) is 0.462. The second-order valence-corrected chi connectivity index (χ2v) is 4.26. The van der Waals surface area contributed by atoms with E-state index in [2.05, 4.69) is 10.5 Å². The van der Waals surface area contributed by atoms with Gasteiger partial charge in [-0.1, -0.05) is 11.2 Å². The summed E-state index contributed by atoms with van der Waals surface area (Å²) < 4.78 is 10.2. The van der Waals surface area contributed by atoms with Crippen molar-refractivity contribution in [3.8, 4) is 5.75 Å². The molecular formula is C13H21N3O3. The van der Waals surface area contributed by atoms with Crippen LogP contribution in [0.4, 0.5) is 0 Å². The summed E-state index contributed by atoms with van der Waals surface area (Å²) in [4.78, 5) is 0. The van der Waals surface area contributed by atoms with Crippen LogP contribution in [0, 0.1) is 0 Å². The second kappa shape index (κ2) is 7.60. The smallest absolute Gasteiger partial charge is 0.173 e. The summed E-state index contributed by atoms with van der Waals surface area (Å²) >= 11 is 0. The van der Waals surface area contributed by atoms with E-state index in [0.29, 0.717) is 24.5 Å². The molecule has 19 heavy (non-hydrogen) atoms. The SMILES string of the molecule is COCC(C)NCc1ccc(OC)c(C(N)=NO)c1. The average Bonchev–Trinajstić information content (AvgIpc) is 2.44. The molecule has 106 valence electrons. The number of benzene rings is 1. The molecule has 0 fully saturated rings. The minimum atomic E-state index is 0.0311. The van der Waals surface area contributed by atoms with Gasteiger partial charge in [-0.05, 0) is 24.6 Å². The van der Waals surface area contributed by atoms with Gasteiger partial charge in [-0.3, -0.25) is 0 Å². The van der Waals surface area contributed by atoms with E-state index >= 15 is 0 Å². The largest absolute Gasteiger partial charge is 0.496 e. The molecule has 0 heterocycles. The van der Waals surface area contributed by atoms with Gasteiger partial charge in [0.05, 0.1) is 19.3 Å². The van der Waals surface area contributed by atoms with E-state index in [9.17, 15) is 0 Å². The van der Waals surface area contributed by atoms with E-state index in [0.717, 1.165) is 5.56 Å². The lowest BCUT2D eigenvalue weighted by atomic mass is 10.1. The van der Waals surface area contributed by atoms with Crippen LogP contribution < -0.4 is 15.8 Å². The summed E-state index contributed by atoms with van der Waals surface area (Å²) in [6, 6.07) is 5.81. The molecule has 0 bridgehead atoms. The molecule has 6 nitrogen and oxygen atoms in total. The van der Waals surface area contributed by atoms with Crippen LogP contribution in [0.1, 0.15) is 18.1 Å². The molecule has 1 aromatic rings. The lowest BCUT2D eigenvalue weighted by Gasteiger charge is -2.14. The first-order chi connectivity index (χ1) is 9.12. The third-order valence-corrected chi connectivity index (χ3v) is 2.72. The lowest BCUT2D eigenvalue weighted by Crippen LogP contribution is -2.29. The predicted octanol–water partition coefficient (Wildman–Crippen LogP) is 0.914. The van der Waals surface area contributed by atoms with E-state index in [-0.39, 0.29) is 11.9 Å². The maximum Gasteiger partial charge on any atom is 0.173 e. The van der Waals surface area contributed by atoms with Crippen molar-refractivity contribution >= 4 is 5.84 Å². The Bertz CT molecular complexity index is 435. The van der Waals surface area contributed by atoms with Crippen molar-refractivity contribution in [2.24, 2.45) is 10.9 Å². The number of hydrogen-bond acceptors (Lipinski definition) is 5. The highest BCUT2D eigenvalue weighted by Crippen LogP contribution is 2.19. The zero-order valence-electron chi connectivity index (χ0n) is 11.5. The maximum atomic E-state index is 8.76. The molecule has 1 rings (SSSR count). The summed E-state index contributed by atoms with van der Waals surface area (Å²) in [5, 5.41) is 15.1. The quantitative estimate of drug-likeness (QED) is 0.296. The average molecular weight is 267 g/mol. The van der Waals surface area contributed by atoms with Crippen molar-refractivity contribution in [3.05, 3.63) is 29.3 Å². The van der Waals surface area contributed by atoms with E-state index < -0.39 is 0 Å². The highest BCUT2D eigenvalue weighted by atomic mass is 16.5. The van der Waals surface area contributed by atoms with Crippen LogP contribution in [0.15, 0.2) is 23.4 Å². The molecule has 0 spiro atoms. The number of rotatable bonds is 7. The highest BCUT2D eigenvalue weighted by Gasteiger charge is 2.09. The van der Waals surface area contributed by atoms with E-state index in [1.165, 1.54) is 0 Å². The van der Waals surface area contributed by atoms with Crippen molar-refractivity contribution in [3.63, 3.8) is 0 Å². The molecule has 0 amide bonds. The van der Waals surface area contributed by atoms with Crippen molar-refractivity contribution in [2.45, 2.75) is 19.5 Å². The molecule has 0 aromatic heterocycles. The Balaban J connectivity index is 2.81. The fourth-order valence-electron chi connectivity index (χ4n) is 1.72. The van der Waals surface area contributed by atoms with Gasteiger partial charge in [-0.25, -0.2) is 0 Å². The van der Waals surface area contributed by atoms with Crippen molar-refractivity contribution < 1.29 is 14.7 Å². The minimum absolute atomic E-state index is 0.0311. The van der Waals surface area contributed by atoms with Crippen LogP contribution in [-0.2, 0) is 11.3 Å². The first-order valence-electron chi connectivity index (χ1n) is 5.99. The lowest BCUT2D eigenvalue weighted by molar-refractivity contribution is 0.171. The van der Waals surface area contributed by atoms with Gasteiger partial charge in [0.15, 0.2) is 5.84 Å². The van der Waals surface area contributed by atoms with E-state index in [1.54, 1.807) is 20.3 Å². The van der Waals surface area contributed by atoms with Crippen LogP contribution in [-0.4, -0.2) is 37.9 Å². The molecule has 0 saturated heterocycles. The zero-order chi connectivity index (χ0) is 14.3. The Morgan fingerprint density at radius 2 is 2.21 bits per heavy atom. The third kappa shape index (κ3) is 4.42. The van der Waals surface area contributed by atoms with Crippen molar-refractivity contribution in [1.29, 1.82) is 0 Å². The molecule has 6 heteroatoms. The number of nitrogens with zero attached hydrogens (tertiary/aromatic N) is 1. The van der Waals surface area contributed by atoms with Crippen LogP contribution in [0.5, 0.6) is 5.75 Å². The Labute approximate surface area is 113 Å². The van der Waals surface area contributed by atoms with Crippen molar-refractivity contribution in [1.82, 2.24) is 5.32 Å². The Hall–Kier alpha value is -1.79. The molecule has 1 unspecified atom stereocenters. The molecule has 0 radical (unpaired) electrons. The van der Waals surface area contributed by atoms with Crippen LogP contribution >= 0.6 is 0 Å². The number of ether oxygens (including phenoxy) is 2. The first kappa shape index (κ1) is 15.3. The molecule has 0 aliphatic heterocycles. The predicted molar refractivity (Wildman–Crippen MR) is 73.7 cm³/mol. The van der Waals surface area contributed by atoms with Gasteiger partial charge in [0.25, 0.3) is 0 Å². The van der Waals surface area contributed by atoms with Gasteiger partial charge in [0.2, 0.25) is 0 Å². The standard InChI is InChI=1S/C13H21N3O3/c1-9(8-18-2)15-7-10-4-5-12(19-3)11(6-10)13(14)16-17/h4-6,9,15,17H,7-8H2,1-3H3,(H2,14,16). The van der Waals surface area contributed by atoms with Crippen LogP contribution in [0.3, 0.4) is 0 Å². The molecular weight excluding hydrogens is 246 g/mol. The Morgan fingerprint density at radius 3 is 2.79 bits per heavy atom. The summed E-state index contributed by atoms with van der Waals surface area (Å²) in [6.45, 7) is 3.35. The summed E-state index contributed by atoms with van der Waals surface area (Å²) in [6.07, 6.45) is 0. The second-order valence-electron chi connectivity index (χ2n) is 4.26. The van der Waals surface area contributed by atoms with Crippen LogP contribution in [0.2, 0.25) is 0 Å². The fourth-order valence-corrected chi connectivity index (χ4v) is 1.72. The van der Waals surface area contributed by atoms with Gasteiger partial charge in [-0.15, -0.1) is 0 Å². The van der Waals surface area contributed by atoms with Crippen LogP contribution in [0.25, 0.3) is 0 Å². The Morgan fingerprint density at radius 1 is 1.47 bits per heavy atom. The van der Waals surface area contributed by atoms with Gasteiger partial charge in [0, 0.05) is 19.7 Å². The number of nitrogens with one attached hydrogen (secondary N) is 1. The van der Waals surface area contributed by atoms with Gasteiger partial charge in [-0.2, -0.15) is 0 Å². The summed E-state index contributed by atoms with van der Waals surface area (Å²) in [5.74, 6) is 0.604. The molecule has 0 aliphatic carbocycles. The zero-order valence-corrected chi connectivity index (χ0v) is 11.5. The molecule has 0 aliphatic rings. The maximum absolute atomic E-state index is 8.76. The Kier molecular flexibility index (Phi) is 6.11. The normalized spacial score (nSPS) is 13.3. The number of amidine groups is 1. The topological polar surface area (TPSA) is 89.1 Å². The van der Waals surface area contributed by atoms with E-state index in [1.807, 2.05) is 19.1 Å². The molecule has 0 saturated carbocycles. The number of hydrogen-bond donors (Lipinski definition) is 3. The first-order valence-corrected chi connectivity index (χ1v) is 5.99. The van der Waals surface area contributed by atoms with Gasteiger partial charge in [0.1, 0.15) is 5.75 Å². The number of methoxy groups -OCH3 is 2. The molecule has 1 atom stereocenters. The monoisotopic (exact) mass is 267 g/mol. The number of nitrogens with two attached hydrogens (primary N) is 1. The summed E-state index contributed by atoms with van der Waals surface area (Å²) in [5.41, 5.74) is 7.21. The van der Waals surface area contributed by atoms with Gasteiger partial charge < -0.3 is 25.7 Å². The molecule has 4 N–H and O–H groups in total. The van der Waals surface area contributed by atoms with Crippen molar-refractivity contribution in [2.75, 3.05) is 20.8 Å². The minimum Gasteiger partial charge on any atom is -0.496 e. The van der Waals surface area contributed by atoms with E-state index in [4.69, 9.17) is 20.4 Å². The highest BCUT2D eigenvalue weighted by molar-refractivity contribution is 5.99. The number of oxime groups is 1. The van der Waals surface area contributed by atoms with Gasteiger partial charge >= 0.3 is 0 Å².